The number of nitrogens with zero attached hydrogens (tertiary/aromatic N) is 1. The van der Waals surface area contributed by atoms with E-state index in [-0.39, 0.29) is 0 Å². The van der Waals surface area contributed by atoms with Gasteiger partial charge in [-0.2, -0.15) is 0 Å². The molecule has 0 saturated carbocycles. The van der Waals surface area contributed by atoms with Crippen LogP contribution in [0.3, 0.4) is 0 Å². The van der Waals surface area contributed by atoms with Crippen LogP contribution in [0.15, 0.2) is 24.4 Å². The second-order valence-corrected chi connectivity index (χ2v) is 4.95. The van der Waals surface area contributed by atoms with Gasteiger partial charge in [0.15, 0.2) is 0 Å². The first-order valence-electron chi connectivity index (χ1n) is 4.98. The molecule has 0 fully saturated rings. The maximum atomic E-state index is 4.59. The Labute approximate surface area is 84.4 Å². The van der Waals surface area contributed by atoms with E-state index in [9.17, 15) is 0 Å². The van der Waals surface area contributed by atoms with Crippen molar-refractivity contribution in [2.24, 2.45) is 5.41 Å². The molecule has 0 amide bonds. The molecule has 74 valence electrons. The molecule has 0 aliphatic heterocycles. The minimum atomic E-state index is 0.303. The Hall–Kier alpha value is -1.31. The summed E-state index contributed by atoms with van der Waals surface area (Å²) in [7, 11) is 0. The molecule has 2 heteroatoms. The Morgan fingerprint density at radius 1 is 1.21 bits per heavy atom. The van der Waals surface area contributed by atoms with Crippen LogP contribution in [-0.2, 0) is 6.42 Å². The summed E-state index contributed by atoms with van der Waals surface area (Å²) in [5.41, 5.74) is 3.65. The third-order valence-electron chi connectivity index (χ3n) is 2.17. The van der Waals surface area contributed by atoms with Gasteiger partial charge in [-0.05, 0) is 30.0 Å². The van der Waals surface area contributed by atoms with Gasteiger partial charge in [0.2, 0.25) is 0 Å². The van der Waals surface area contributed by atoms with Gasteiger partial charge in [-0.15, -0.1) is 0 Å². The van der Waals surface area contributed by atoms with E-state index in [2.05, 4.69) is 42.9 Å². The molecule has 0 aromatic carbocycles. The van der Waals surface area contributed by atoms with Gasteiger partial charge in [0.05, 0.1) is 11.0 Å². The molecule has 0 aliphatic carbocycles. The van der Waals surface area contributed by atoms with Crippen LogP contribution in [0.25, 0.3) is 11.0 Å². The third kappa shape index (κ3) is 1.95. The number of H-pyrrole nitrogens is 1. The van der Waals surface area contributed by atoms with Crippen molar-refractivity contribution in [3.05, 3.63) is 30.1 Å². The van der Waals surface area contributed by atoms with Crippen LogP contribution in [-0.4, -0.2) is 9.97 Å². The Balaban J connectivity index is 2.35. The smallest absolute Gasteiger partial charge is 0.0882 e. The molecule has 0 atom stereocenters. The Kier molecular flexibility index (Phi) is 2.06. The second-order valence-electron chi connectivity index (χ2n) is 4.95. The van der Waals surface area contributed by atoms with Gasteiger partial charge in [0, 0.05) is 11.9 Å². The van der Waals surface area contributed by atoms with Gasteiger partial charge < -0.3 is 4.98 Å². The lowest BCUT2D eigenvalue weighted by molar-refractivity contribution is 0.407. The van der Waals surface area contributed by atoms with Crippen LogP contribution in [0.1, 0.15) is 26.5 Å². The molecule has 2 rings (SSSR count). The van der Waals surface area contributed by atoms with Crippen molar-refractivity contribution >= 4 is 11.0 Å². The number of pyridine rings is 1. The van der Waals surface area contributed by atoms with Crippen molar-refractivity contribution in [1.29, 1.82) is 0 Å². The summed E-state index contributed by atoms with van der Waals surface area (Å²) in [6.45, 7) is 6.70. The van der Waals surface area contributed by atoms with Crippen LogP contribution in [0.2, 0.25) is 0 Å². The monoisotopic (exact) mass is 188 g/mol. The maximum absolute atomic E-state index is 4.59. The van der Waals surface area contributed by atoms with Crippen molar-refractivity contribution in [1.82, 2.24) is 9.97 Å². The summed E-state index contributed by atoms with van der Waals surface area (Å²) >= 11 is 0. The van der Waals surface area contributed by atoms with E-state index < -0.39 is 0 Å². The molecule has 14 heavy (non-hydrogen) atoms. The van der Waals surface area contributed by atoms with Gasteiger partial charge in [-0.3, -0.25) is 4.98 Å². The van der Waals surface area contributed by atoms with Crippen LogP contribution < -0.4 is 0 Å². The molecule has 2 heterocycles. The van der Waals surface area contributed by atoms with Gasteiger partial charge in [-0.1, -0.05) is 20.8 Å². The molecule has 2 aromatic rings. The zero-order chi connectivity index (χ0) is 10.2. The van der Waals surface area contributed by atoms with Crippen molar-refractivity contribution < 1.29 is 0 Å². The largest absolute Gasteiger partial charge is 0.360 e. The first-order chi connectivity index (χ1) is 6.54. The first kappa shape index (κ1) is 9.25. The molecule has 0 bridgehead atoms. The average Bonchev–Trinajstić information content (AvgIpc) is 2.47. The number of aromatic amines is 1. The van der Waals surface area contributed by atoms with Gasteiger partial charge >= 0.3 is 0 Å². The van der Waals surface area contributed by atoms with E-state index in [1.165, 1.54) is 5.69 Å². The summed E-state index contributed by atoms with van der Waals surface area (Å²) < 4.78 is 0. The van der Waals surface area contributed by atoms with E-state index in [0.717, 1.165) is 17.5 Å². The lowest BCUT2D eigenvalue weighted by atomic mass is 9.90. The van der Waals surface area contributed by atoms with Crippen molar-refractivity contribution in [3.8, 4) is 0 Å². The van der Waals surface area contributed by atoms with Crippen LogP contribution >= 0.6 is 0 Å². The van der Waals surface area contributed by atoms with Crippen molar-refractivity contribution in [2.75, 3.05) is 0 Å². The molecule has 2 aromatic heterocycles. The fourth-order valence-electron chi connectivity index (χ4n) is 1.62. The number of aromatic nitrogens is 2. The molecule has 0 spiro atoms. The molecule has 0 radical (unpaired) electrons. The third-order valence-corrected chi connectivity index (χ3v) is 2.17. The van der Waals surface area contributed by atoms with E-state index in [4.69, 9.17) is 0 Å². The fourth-order valence-corrected chi connectivity index (χ4v) is 1.62. The second kappa shape index (κ2) is 3.12. The molecular weight excluding hydrogens is 172 g/mol. The molecular formula is C12H16N2. The average molecular weight is 188 g/mol. The van der Waals surface area contributed by atoms with Crippen LogP contribution in [0.5, 0.6) is 0 Å². The predicted octanol–water partition coefficient (Wildman–Crippen LogP) is 3.15. The van der Waals surface area contributed by atoms with Crippen molar-refractivity contribution in [2.45, 2.75) is 27.2 Å². The minimum absolute atomic E-state index is 0.303. The van der Waals surface area contributed by atoms with Crippen LogP contribution in [0, 0.1) is 5.41 Å². The highest BCUT2D eigenvalue weighted by Crippen LogP contribution is 2.20. The lowest BCUT2D eigenvalue weighted by Crippen LogP contribution is -2.10. The molecule has 0 saturated heterocycles. The Bertz CT molecular complexity index is 435. The summed E-state index contributed by atoms with van der Waals surface area (Å²) in [4.78, 5) is 7.74. The van der Waals surface area contributed by atoms with Crippen LogP contribution in [0.4, 0.5) is 0 Å². The highest BCUT2D eigenvalue weighted by atomic mass is 14.8. The predicted molar refractivity (Wildman–Crippen MR) is 59.3 cm³/mol. The van der Waals surface area contributed by atoms with Gasteiger partial charge in [0.25, 0.3) is 0 Å². The Morgan fingerprint density at radius 3 is 2.71 bits per heavy atom. The highest BCUT2D eigenvalue weighted by Gasteiger charge is 2.12. The molecule has 0 aliphatic rings. The summed E-state index contributed by atoms with van der Waals surface area (Å²) in [5.74, 6) is 0. The minimum Gasteiger partial charge on any atom is -0.360 e. The van der Waals surface area contributed by atoms with Crippen molar-refractivity contribution in [3.63, 3.8) is 0 Å². The Morgan fingerprint density at radius 2 is 2.00 bits per heavy atom. The highest BCUT2D eigenvalue weighted by molar-refractivity contribution is 5.74. The SMILES string of the molecule is CC(C)(C)Cc1ccc2[nH]ccc2n1. The summed E-state index contributed by atoms with van der Waals surface area (Å²) in [5, 5.41) is 0. The van der Waals surface area contributed by atoms with E-state index >= 15 is 0 Å². The zero-order valence-corrected chi connectivity index (χ0v) is 8.96. The number of fused-ring (bicyclic) bond motifs is 1. The van der Waals surface area contributed by atoms with E-state index in [1.807, 2.05) is 12.3 Å². The number of hydrogen-bond donors (Lipinski definition) is 1. The summed E-state index contributed by atoms with van der Waals surface area (Å²) in [6.07, 6.45) is 2.95. The number of hydrogen-bond acceptors (Lipinski definition) is 1. The topological polar surface area (TPSA) is 28.7 Å². The standard InChI is InChI=1S/C12H16N2/c1-12(2,3)8-9-4-5-10-11(14-9)6-7-13-10/h4-7,13H,8H2,1-3H3. The summed E-state index contributed by atoms with van der Waals surface area (Å²) in [6, 6.07) is 6.22. The quantitative estimate of drug-likeness (QED) is 0.731. The maximum Gasteiger partial charge on any atom is 0.0882 e. The van der Waals surface area contributed by atoms with E-state index in [1.54, 1.807) is 0 Å². The zero-order valence-electron chi connectivity index (χ0n) is 8.96. The molecule has 2 nitrogen and oxygen atoms in total. The number of rotatable bonds is 1. The number of nitrogens with one attached hydrogen (secondary N) is 1. The molecule has 1 N–H and O–H groups in total. The fraction of sp³-hybridized carbons (Fsp3) is 0.417. The van der Waals surface area contributed by atoms with Gasteiger partial charge in [-0.25, -0.2) is 0 Å². The van der Waals surface area contributed by atoms with Gasteiger partial charge in [0.1, 0.15) is 0 Å². The lowest BCUT2D eigenvalue weighted by Gasteiger charge is -2.17. The molecule has 0 unspecified atom stereocenters. The first-order valence-corrected chi connectivity index (χ1v) is 4.98. The van der Waals surface area contributed by atoms with E-state index in [0.29, 0.717) is 5.41 Å². The normalized spacial score (nSPS) is 12.2.